The molecule has 3 aromatic rings. The Morgan fingerprint density at radius 3 is 2.22 bits per heavy atom. The Morgan fingerprint density at radius 1 is 1.00 bits per heavy atom. The number of rotatable bonds is 5. The lowest BCUT2D eigenvalue weighted by Gasteiger charge is -2.29. The van der Waals surface area contributed by atoms with Gasteiger partial charge in [0.15, 0.2) is 0 Å². The second-order valence-corrected chi connectivity index (χ2v) is 8.80. The van der Waals surface area contributed by atoms with Gasteiger partial charge >= 0.3 is 6.18 Å². The lowest BCUT2D eigenvalue weighted by Crippen LogP contribution is -2.54. The third-order valence-electron chi connectivity index (χ3n) is 5.11. The van der Waals surface area contributed by atoms with Crippen LogP contribution in [0.4, 0.5) is 13.2 Å². The molecule has 8 heteroatoms. The monoisotopic (exact) mass is 461 g/mol. The number of hydrogen-bond donors (Lipinski definition) is 1. The third-order valence-corrected chi connectivity index (χ3v) is 5.36. The van der Waals surface area contributed by atoms with Crippen LogP contribution in [0.3, 0.4) is 0 Å². The van der Waals surface area contributed by atoms with Gasteiger partial charge < -0.3 is 5.32 Å². The topological polar surface area (TPSA) is 54.9 Å². The van der Waals surface area contributed by atoms with E-state index >= 15 is 0 Å². The van der Waals surface area contributed by atoms with Crippen molar-refractivity contribution in [2.45, 2.75) is 45.3 Å². The predicted octanol–water partition coefficient (Wildman–Crippen LogP) is 6.66. The fourth-order valence-corrected chi connectivity index (χ4v) is 3.30. The molecule has 0 spiro atoms. The summed E-state index contributed by atoms with van der Waals surface area (Å²) in [5.41, 5.74) is 1.26. The average Bonchev–Trinajstić information content (AvgIpc) is 2.72. The molecule has 0 aliphatic heterocycles. The molecular formula is C24H23ClF3N3O. The fraction of sp³-hybridized carbons (Fsp3) is 0.292. The first-order valence-corrected chi connectivity index (χ1v) is 10.4. The van der Waals surface area contributed by atoms with Crippen molar-refractivity contribution >= 4 is 17.5 Å². The van der Waals surface area contributed by atoms with Gasteiger partial charge in [-0.05, 0) is 66.8 Å². The van der Waals surface area contributed by atoms with Crippen LogP contribution in [0.1, 0.15) is 49.7 Å². The van der Waals surface area contributed by atoms with Gasteiger partial charge in [-0.2, -0.15) is 13.2 Å². The van der Waals surface area contributed by atoms with E-state index in [0.29, 0.717) is 21.7 Å². The lowest BCUT2D eigenvalue weighted by atomic mass is 9.93. The van der Waals surface area contributed by atoms with Crippen LogP contribution >= 0.6 is 11.6 Å². The summed E-state index contributed by atoms with van der Waals surface area (Å²) < 4.78 is 40.0. The Morgan fingerprint density at radius 2 is 1.62 bits per heavy atom. The van der Waals surface area contributed by atoms with Gasteiger partial charge in [-0.1, -0.05) is 37.6 Å². The number of hydrogen-bond acceptors (Lipinski definition) is 3. The molecule has 0 bridgehead atoms. The lowest BCUT2D eigenvalue weighted by molar-refractivity contribution is -0.182. The minimum absolute atomic E-state index is 0.0774. The zero-order valence-electron chi connectivity index (χ0n) is 18.1. The van der Waals surface area contributed by atoms with Gasteiger partial charge in [0.25, 0.3) is 5.91 Å². The van der Waals surface area contributed by atoms with Crippen molar-refractivity contribution in [2.24, 2.45) is 0 Å². The number of aromatic nitrogens is 2. The van der Waals surface area contributed by atoms with E-state index in [4.69, 9.17) is 11.6 Å². The van der Waals surface area contributed by atoms with Crippen LogP contribution in [0, 0.1) is 0 Å². The van der Waals surface area contributed by atoms with Crippen LogP contribution in [0.15, 0.2) is 55.0 Å². The summed E-state index contributed by atoms with van der Waals surface area (Å²) in [6.45, 7) is 5.82. The summed E-state index contributed by atoms with van der Waals surface area (Å²) in [4.78, 5) is 21.3. The summed E-state index contributed by atoms with van der Waals surface area (Å²) in [5.74, 6) is -0.749. The Balaban J connectivity index is 2.16. The molecule has 0 fully saturated rings. The molecular weight excluding hydrogens is 439 g/mol. The number of benzene rings is 2. The second kappa shape index (κ2) is 8.90. The molecule has 1 heterocycles. The minimum Gasteiger partial charge on any atom is -0.338 e. The van der Waals surface area contributed by atoms with Crippen molar-refractivity contribution in [3.05, 3.63) is 71.3 Å². The molecule has 1 amide bonds. The van der Waals surface area contributed by atoms with Crippen LogP contribution < -0.4 is 5.32 Å². The van der Waals surface area contributed by atoms with E-state index < -0.39 is 17.6 Å². The number of nitrogens with zero attached hydrogens (tertiary/aromatic N) is 2. The second-order valence-electron chi connectivity index (χ2n) is 8.36. The highest BCUT2D eigenvalue weighted by molar-refractivity contribution is 6.30. The van der Waals surface area contributed by atoms with Gasteiger partial charge in [-0.25, -0.2) is 9.97 Å². The maximum Gasteiger partial charge on any atom is 0.410 e. The molecule has 0 radical (unpaired) electrons. The average molecular weight is 462 g/mol. The van der Waals surface area contributed by atoms with Crippen molar-refractivity contribution in [3.63, 3.8) is 0 Å². The Kier molecular flexibility index (Phi) is 6.60. The summed E-state index contributed by atoms with van der Waals surface area (Å²) in [6, 6.07) is 12.0. The first kappa shape index (κ1) is 23.7. The highest BCUT2D eigenvalue weighted by atomic mass is 35.5. The minimum atomic E-state index is -4.60. The summed E-state index contributed by atoms with van der Waals surface area (Å²) in [6.07, 6.45) is -1.51. The molecule has 0 saturated heterocycles. The van der Waals surface area contributed by atoms with Crippen LogP contribution in [-0.4, -0.2) is 27.6 Å². The number of nitrogens with one attached hydrogen (secondary N) is 1. The number of halogens is 4. The zero-order valence-corrected chi connectivity index (χ0v) is 18.8. The summed E-state index contributed by atoms with van der Waals surface area (Å²) in [5, 5.41) is 2.65. The van der Waals surface area contributed by atoms with Crippen molar-refractivity contribution in [3.8, 4) is 22.3 Å². The van der Waals surface area contributed by atoms with Crippen LogP contribution in [-0.2, 0) is 0 Å². The van der Waals surface area contributed by atoms with Crippen LogP contribution in [0.25, 0.3) is 22.3 Å². The molecule has 0 aliphatic carbocycles. The largest absolute Gasteiger partial charge is 0.410 e. The van der Waals surface area contributed by atoms with Crippen molar-refractivity contribution < 1.29 is 18.0 Å². The standard InChI is InChI=1S/C24H23ClF3N3O/c1-14(2)21-20(12-29-13-30-21)17-9-16(15-5-7-19(25)8-6-15)10-18(11-17)22(32)31-23(3,4)24(26,27)28/h5-14H,1-4H3,(H,31,32). The van der Waals surface area contributed by atoms with Crippen molar-refractivity contribution in [2.75, 3.05) is 0 Å². The molecule has 168 valence electrons. The van der Waals surface area contributed by atoms with Crippen molar-refractivity contribution in [1.29, 1.82) is 0 Å². The molecule has 3 rings (SSSR count). The first-order chi connectivity index (χ1) is 14.9. The van der Waals surface area contributed by atoms with E-state index in [9.17, 15) is 18.0 Å². The van der Waals surface area contributed by atoms with Gasteiger partial charge in [0.1, 0.15) is 11.9 Å². The van der Waals surface area contributed by atoms with Gasteiger partial charge in [0.2, 0.25) is 0 Å². The number of carbonyl (C=O) groups is 1. The van der Waals surface area contributed by atoms with E-state index in [-0.39, 0.29) is 11.5 Å². The predicted molar refractivity (Wildman–Crippen MR) is 120 cm³/mol. The van der Waals surface area contributed by atoms with Gasteiger partial charge in [0.05, 0.1) is 5.69 Å². The molecule has 4 nitrogen and oxygen atoms in total. The zero-order chi connectivity index (χ0) is 23.7. The first-order valence-electron chi connectivity index (χ1n) is 9.99. The maximum absolute atomic E-state index is 13.3. The Hall–Kier alpha value is -2.93. The number of amides is 1. The quantitative estimate of drug-likeness (QED) is 0.462. The molecule has 1 N–H and O–H groups in total. The molecule has 0 unspecified atom stereocenters. The number of carbonyl (C=O) groups excluding carboxylic acids is 1. The fourth-order valence-electron chi connectivity index (χ4n) is 3.17. The molecule has 1 aromatic heterocycles. The Labute approximate surface area is 189 Å². The van der Waals surface area contributed by atoms with Gasteiger partial charge in [-0.15, -0.1) is 0 Å². The highest BCUT2D eigenvalue weighted by Gasteiger charge is 2.48. The SMILES string of the molecule is CC(C)c1ncncc1-c1cc(C(=O)NC(C)(C)C(F)(F)F)cc(-c2ccc(Cl)cc2)c1. The maximum atomic E-state index is 13.3. The molecule has 32 heavy (non-hydrogen) atoms. The summed E-state index contributed by atoms with van der Waals surface area (Å²) >= 11 is 5.99. The third kappa shape index (κ3) is 5.10. The van der Waals surface area contributed by atoms with E-state index in [2.05, 4.69) is 15.3 Å². The van der Waals surface area contributed by atoms with Gasteiger partial charge in [0, 0.05) is 22.3 Å². The van der Waals surface area contributed by atoms with Crippen LogP contribution in [0.5, 0.6) is 0 Å². The molecule has 0 atom stereocenters. The van der Waals surface area contributed by atoms with E-state index in [1.54, 1.807) is 42.6 Å². The number of alkyl halides is 3. The van der Waals surface area contributed by atoms with E-state index in [0.717, 1.165) is 25.1 Å². The molecule has 2 aromatic carbocycles. The van der Waals surface area contributed by atoms with E-state index in [1.807, 2.05) is 19.9 Å². The van der Waals surface area contributed by atoms with Crippen LogP contribution in [0.2, 0.25) is 5.02 Å². The highest BCUT2D eigenvalue weighted by Crippen LogP contribution is 2.33. The normalized spacial score (nSPS) is 12.2. The van der Waals surface area contributed by atoms with Crippen molar-refractivity contribution in [1.82, 2.24) is 15.3 Å². The molecule has 0 aliphatic rings. The molecule has 0 saturated carbocycles. The van der Waals surface area contributed by atoms with E-state index in [1.165, 1.54) is 6.33 Å². The summed E-state index contributed by atoms with van der Waals surface area (Å²) in [7, 11) is 0. The Bertz CT molecular complexity index is 1130. The van der Waals surface area contributed by atoms with Gasteiger partial charge in [-0.3, -0.25) is 4.79 Å². The smallest absolute Gasteiger partial charge is 0.338 e.